The average Bonchev–Trinajstić information content (AvgIpc) is 3.69. The number of carbonyl (C=O) groups excluding carboxylic acids is 6. The number of aliphatic hydroxyl groups excluding tert-OH is 1. The zero-order valence-corrected chi connectivity index (χ0v) is 49.4. The SMILES string of the molecule is CO[C@@H]1C[C@@H]2CC[C@@H](C)[C@@](O)(O2)C(=O)C(=O)N2CCCC[C@H]2C(=O)O[C@H]([C@H](C)C[C@@H]2CC[C@@H](O)[C@H](OC)C2)CC(=O)[C@H](C)/C=C(\C)[C@@H](OC(=O)C[n+]2csc(C)c2C)[C@@H](OC)C(=O)[C@H](C)C[C@H](C)/C=C/C=C/C=C/1C.[Br-]. The fourth-order valence-electron chi connectivity index (χ4n) is 11.2. The van der Waals surface area contributed by atoms with Gasteiger partial charge in [0, 0.05) is 65.4 Å². The molecule has 0 aromatic carbocycles. The van der Waals surface area contributed by atoms with Crippen molar-refractivity contribution in [1.82, 2.24) is 4.90 Å². The molecule has 1 saturated carbocycles. The second-order valence-corrected chi connectivity index (χ2v) is 23.1. The number of nitrogens with zero attached hydrogens (tertiary/aromatic N) is 2. The molecule has 0 unspecified atom stereocenters. The Morgan fingerprint density at radius 1 is 0.882 bits per heavy atom. The summed E-state index contributed by atoms with van der Waals surface area (Å²) in [4.78, 5) is 88.4. The van der Waals surface area contributed by atoms with Crippen LogP contribution in [0.5, 0.6) is 0 Å². The minimum atomic E-state index is -2.45. The third-order valence-electron chi connectivity index (χ3n) is 16.3. The number of ether oxygens (including phenoxy) is 6. The monoisotopic (exact) mass is 1150 g/mol. The van der Waals surface area contributed by atoms with Crippen molar-refractivity contribution >= 4 is 46.5 Å². The van der Waals surface area contributed by atoms with Crippen molar-refractivity contribution in [2.45, 2.75) is 200 Å². The maximum atomic E-state index is 14.6. The van der Waals surface area contributed by atoms with Crippen LogP contribution in [0.25, 0.3) is 0 Å². The maximum absolute atomic E-state index is 14.6. The van der Waals surface area contributed by atoms with Crippen LogP contribution >= 0.6 is 11.3 Å². The number of hydrogen-bond acceptors (Lipinski definition) is 15. The van der Waals surface area contributed by atoms with Gasteiger partial charge >= 0.3 is 11.9 Å². The van der Waals surface area contributed by atoms with Crippen LogP contribution in [0.1, 0.15) is 136 Å². The molecule has 18 heteroatoms. The lowest BCUT2D eigenvalue weighted by molar-refractivity contribution is -0.687. The number of halogens is 1. The van der Waals surface area contributed by atoms with E-state index in [1.807, 2.05) is 77.4 Å². The van der Waals surface area contributed by atoms with Crippen molar-refractivity contribution in [3.63, 3.8) is 0 Å². The largest absolute Gasteiger partial charge is 1.00 e. The standard InChI is InChI=1S/C58H87N2O14S.BrH/c1-34-18-14-13-15-19-35(2)48(69-10)30-44-23-21-40(7)58(68,74-44)55(65)56(66)60-25-17-16-20-45(60)57(67)72-49(37(4)28-43-22-24-46(61)50(29-43)70-11)31-47(62)36(3)27-39(6)53(54(71-12)52(64)38(5)26-34)73-51(63)32-59-33-75-42(9)41(59)8;/h13-15,18-19,27,33-34,36-38,40,43-46,48-50,53-54,61,68H,16-17,20-26,28-32H2,1-12H3;1H/q+1;/p-1/b15-13+,18-14+,35-19+,39-27+;/t34-,36-,37-,38-,40-,43+,44+,45+,46-,48-,49+,50-,53-,54+,58-;/m1./s1. The number of cyclic esters (lactones) is 1. The Labute approximate surface area is 465 Å². The predicted molar refractivity (Wildman–Crippen MR) is 283 cm³/mol. The third kappa shape index (κ3) is 16.9. The summed E-state index contributed by atoms with van der Waals surface area (Å²) >= 11 is 1.50. The molecule has 3 fully saturated rings. The number of thiazole rings is 1. The van der Waals surface area contributed by atoms with E-state index >= 15 is 0 Å². The van der Waals surface area contributed by atoms with Crippen LogP contribution in [0.2, 0.25) is 0 Å². The highest BCUT2D eigenvalue weighted by molar-refractivity contribution is 7.09. The molecule has 1 aromatic heterocycles. The Morgan fingerprint density at radius 2 is 1.61 bits per heavy atom. The number of aryl methyl sites for hydroxylation is 1. The molecule has 1 aromatic rings. The van der Waals surface area contributed by atoms with Gasteiger partial charge in [-0.25, -0.2) is 9.59 Å². The zero-order chi connectivity index (χ0) is 55.3. The molecule has 0 spiro atoms. The van der Waals surface area contributed by atoms with Crippen molar-refractivity contribution in [1.29, 1.82) is 0 Å². The highest BCUT2D eigenvalue weighted by Gasteiger charge is 2.53. The van der Waals surface area contributed by atoms with Gasteiger partial charge in [0.25, 0.3) is 11.7 Å². The van der Waals surface area contributed by atoms with E-state index in [-0.39, 0.29) is 78.3 Å². The number of fused-ring (bicyclic) bond motifs is 3. The van der Waals surface area contributed by atoms with E-state index in [2.05, 4.69) is 0 Å². The van der Waals surface area contributed by atoms with Crippen molar-refractivity contribution in [2.75, 3.05) is 27.9 Å². The number of rotatable bonds is 9. The van der Waals surface area contributed by atoms with Gasteiger partial charge in [0.05, 0.1) is 29.3 Å². The molecule has 3 aliphatic heterocycles. The van der Waals surface area contributed by atoms with E-state index in [4.69, 9.17) is 28.4 Å². The van der Waals surface area contributed by atoms with E-state index in [1.165, 1.54) is 23.3 Å². The van der Waals surface area contributed by atoms with Gasteiger partial charge in [-0.3, -0.25) is 19.2 Å². The summed E-state index contributed by atoms with van der Waals surface area (Å²) in [6.07, 6.45) is 10.9. The first-order valence-corrected chi connectivity index (χ1v) is 28.0. The van der Waals surface area contributed by atoms with Crippen LogP contribution in [0.4, 0.5) is 0 Å². The van der Waals surface area contributed by atoms with E-state index in [0.717, 1.165) is 16.1 Å². The molecule has 16 nitrogen and oxygen atoms in total. The molecule has 4 aliphatic rings. The van der Waals surface area contributed by atoms with Crippen LogP contribution in [-0.4, -0.2) is 133 Å². The molecule has 1 aliphatic carbocycles. The lowest BCUT2D eigenvalue weighted by Crippen LogP contribution is -3.00. The third-order valence-corrected chi connectivity index (χ3v) is 17.3. The normalized spacial score (nSPS) is 36.1. The molecule has 426 valence electrons. The summed E-state index contributed by atoms with van der Waals surface area (Å²) in [5.41, 5.74) is 4.04. The van der Waals surface area contributed by atoms with Crippen molar-refractivity contribution in [2.24, 2.45) is 35.5 Å². The van der Waals surface area contributed by atoms with Gasteiger partial charge < -0.3 is 60.5 Å². The minimum absolute atomic E-state index is 0. The van der Waals surface area contributed by atoms with Crippen LogP contribution in [-0.2, 0) is 63.7 Å². The summed E-state index contributed by atoms with van der Waals surface area (Å²) in [5, 5.41) is 22.6. The van der Waals surface area contributed by atoms with Crippen LogP contribution in [0.15, 0.2) is 53.1 Å². The highest BCUT2D eigenvalue weighted by Crippen LogP contribution is 2.38. The van der Waals surface area contributed by atoms with Gasteiger partial charge in [-0.1, -0.05) is 82.4 Å². The van der Waals surface area contributed by atoms with E-state index in [1.54, 1.807) is 45.6 Å². The first-order chi connectivity index (χ1) is 35.5. The lowest BCUT2D eigenvalue weighted by atomic mass is 9.78. The van der Waals surface area contributed by atoms with Crippen molar-refractivity contribution in [3.8, 4) is 0 Å². The molecular weight excluding hydrogens is 1060 g/mol. The molecule has 2 N–H and O–H groups in total. The highest BCUT2D eigenvalue weighted by atomic mass is 79.9. The Balaban J connectivity index is 0.0000125. The number of ketones is 3. The smallest absolute Gasteiger partial charge is 0.373 e. The average molecular weight is 1150 g/mol. The van der Waals surface area contributed by atoms with Crippen molar-refractivity contribution < 1.29 is 89.0 Å². The Morgan fingerprint density at radius 3 is 2.26 bits per heavy atom. The molecule has 4 heterocycles. The fourth-order valence-corrected chi connectivity index (χ4v) is 12.0. The van der Waals surface area contributed by atoms with E-state index < -0.39 is 89.8 Å². The maximum Gasteiger partial charge on any atom is 0.373 e. The summed E-state index contributed by atoms with van der Waals surface area (Å²) in [6, 6.07) is -1.17. The quantitative estimate of drug-likeness (QED) is 0.152. The van der Waals surface area contributed by atoms with Crippen LogP contribution < -0.4 is 21.5 Å². The number of aliphatic hydroxyl groups is 2. The summed E-state index contributed by atoms with van der Waals surface area (Å²) in [5.74, 6) is -8.94. The number of Topliss-reactive ketones (excluding diaryl/α,β-unsaturated/α-hetero) is 3. The second kappa shape index (κ2) is 30.0. The Hall–Kier alpha value is -3.75. The molecule has 0 radical (unpaired) electrons. The minimum Gasteiger partial charge on any atom is -1.00 e. The summed E-state index contributed by atoms with van der Waals surface area (Å²) < 4.78 is 37.9. The summed E-state index contributed by atoms with van der Waals surface area (Å²) in [7, 11) is 4.54. The summed E-state index contributed by atoms with van der Waals surface area (Å²) in [6.45, 7) is 16.6. The predicted octanol–water partition coefficient (Wildman–Crippen LogP) is 4.40. The molecule has 1 amide bonds. The molecule has 15 atom stereocenters. The van der Waals surface area contributed by atoms with Gasteiger partial charge in [0.15, 0.2) is 23.7 Å². The topological polar surface area (TPSA) is 205 Å². The van der Waals surface area contributed by atoms with Crippen LogP contribution in [0.3, 0.4) is 0 Å². The fraction of sp³-hybridized carbons (Fsp3) is 0.707. The number of amides is 1. The number of allylic oxidation sites excluding steroid dienone is 6. The molecule has 5 rings (SSSR count). The van der Waals surface area contributed by atoms with Crippen molar-refractivity contribution in [3.05, 3.63) is 63.7 Å². The van der Waals surface area contributed by atoms with Gasteiger partial charge in [-0.15, -0.1) is 0 Å². The zero-order valence-electron chi connectivity index (χ0n) is 47.0. The number of aromatic nitrogens is 1. The number of hydrogen-bond donors (Lipinski definition) is 2. The molecule has 2 bridgehead atoms. The molecule has 76 heavy (non-hydrogen) atoms. The Bertz CT molecular complexity index is 2280. The van der Waals surface area contributed by atoms with Gasteiger partial charge in [0.1, 0.15) is 17.9 Å². The first-order valence-electron chi connectivity index (χ1n) is 27.2. The Kier molecular flexibility index (Phi) is 25.6. The van der Waals surface area contributed by atoms with E-state index in [0.29, 0.717) is 69.8 Å². The van der Waals surface area contributed by atoms with Gasteiger partial charge in [-0.2, -0.15) is 4.57 Å². The van der Waals surface area contributed by atoms with Crippen LogP contribution in [0, 0.1) is 49.4 Å². The lowest BCUT2D eigenvalue weighted by Gasteiger charge is -2.42. The molecule has 2 saturated heterocycles. The number of methoxy groups -OCH3 is 3. The number of piperidine rings is 1. The second-order valence-electron chi connectivity index (χ2n) is 22.0. The van der Waals surface area contributed by atoms with Gasteiger partial charge in [-0.05, 0) is 114 Å². The number of esters is 2. The van der Waals surface area contributed by atoms with E-state index in [9.17, 15) is 39.0 Å². The number of carbonyl (C=O) groups is 6. The van der Waals surface area contributed by atoms with Gasteiger partial charge in [0.2, 0.25) is 17.8 Å². The molecular formula is C58H87BrN2O14S. The first kappa shape index (κ1) is 64.8.